The molecule has 1 N–H and O–H groups in total. The van der Waals surface area contributed by atoms with Crippen molar-refractivity contribution < 1.29 is 40.0 Å². The quantitative estimate of drug-likeness (QED) is 0.467. The number of nitrogens with zero attached hydrogens (tertiary/aromatic N) is 2. The van der Waals surface area contributed by atoms with Gasteiger partial charge in [0.1, 0.15) is 18.1 Å². The van der Waals surface area contributed by atoms with Crippen molar-refractivity contribution in [2.75, 3.05) is 25.5 Å². The van der Waals surface area contributed by atoms with Gasteiger partial charge in [0, 0.05) is 32.2 Å². The van der Waals surface area contributed by atoms with Crippen LogP contribution < -0.4 is 5.32 Å². The Morgan fingerprint density at radius 2 is 1.74 bits per heavy atom. The zero-order chi connectivity index (χ0) is 26.0. The molecule has 2 amide bonds. The maximum atomic E-state index is 13.7. The van der Waals surface area contributed by atoms with Gasteiger partial charge in [-0.15, -0.1) is 0 Å². The minimum atomic E-state index is -4.69. The number of carbonyl (C=O) groups is 2. The molecule has 0 radical (unpaired) electrons. The number of alkyl halides is 3. The number of piperidine rings is 1. The number of anilines is 1. The van der Waals surface area contributed by atoms with Gasteiger partial charge in [-0.1, -0.05) is 6.07 Å². The lowest BCUT2D eigenvalue weighted by Crippen LogP contribution is -2.47. The number of rotatable bonds is 6. The van der Waals surface area contributed by atoms with Gasteiger partial charge in [0.2, 0.25) is 21.8 Å². The third-order valence-electron chi connectivity index (χ3n) is 5.69. The number of carbonyl (C=O) groups excluding carboxylic acids is 2. The summed E-state index contributed by atoms with van der Waals surface area (Å²) in [5.74, 6) is -3.17. The van der Waals surface area contributed by atoms with Crippen molar-refractivity contribution in [3.63, 3.8) is 0 Å². The number of likely N-dealkylation sites (tertiary alicyclic amines) is 1. The molecule has 13 heteroatoms. The topological polar surface area (TPSA) is 86.8 Å². The van der Waals surface area contributed by atoms with E-state index >= 15 is 0 Å². The molecule has 7 nitrogen and oxygen atoms in total. The van der Waals surface area contributed by atoms with Crippen LogP contribution in [0.25, 0.3) is 0 Å². The predicted octanol–water partition coefficient (Wildman–Crippen LogP) is 3.62. The Morgan fingerprint density at radius 1 is 1.09 bits per heavy atom. The maximum Gasteiger partial charge on any atom is 0.416 e. The smallest absolute Gasteiger partial charge is 0.342 e. The molecule has 1 saturated heterocycles. The minimum absolute atomic E-state index is 0.115. The fourth-order valence-corrected chi connectivity index (χ4v) is 5.17. The van der Waals surface area contributed by atoms with Crippen LogP contribution in [0.2, 0.25) is 0 Å². The number of hydrogen-bond donors (Lipinski definition) is 1. The van der Waals surface area contributed by atoms with Crippen LogP contribution in [0.15, 0.2) is 47.4 Å². The first-order valence-electron chi connectivity index (χ1n) is 10.5. The largest absolute Gasteiger partial charge is 0.416 e. The SMILES string of the molecule is CN(C1CCN(C(=O)CC(=O)Nc2ccc(F)cc2F)CC1)S(=O)(=O)c1cccc(C(F)(F)F)c1. The number of nitrogens with one attached hydrogen (secondary N) is 1. The Kier molecular flexibility index (Phi) is 7.80. The van der Waals surface area contributed by atoms with E-state index in [0.717, 1.165) is 34.6 Å². The summed E-state index contributed by atoms with van der Waals surface area (Å²) in [5.41, 5.74) is -1.35. The molecule has 0 saturated carbocycles. The Labute approximate surface area is 198 Å². The molecule has 3 rings (SSSR count). The highest BCUT2D eigenvalue weighted by Crippen LogP contribution is 2.32. The van der Waals surface area contributed by atoms with Gasteiger partial charge >= 0.3 is 6.18 Å². The van der Waals surface area contributed by atoms with Crippen molar-refractivity contribution in [1.82, 2.24) is 9.21 Å². The van der Waals surface area contributed by atoms with E-state index in [0.29, 0.717) is 12.1 Å². The molecule has 0 bridgehead atoms. The van der Waals surface area contributed by atoms with Crippen LogP contribution in [0.1, 0.15) is 24.8 Å². The van der Waals surface area contributed by atoms with E-state index in [9.17, 15) is 40.0 Å². The van der Waals surface area contributed by atoms with Crippen LogP contribution in [0, 0.1) is 11.6 Å². The minimum Gasteiger partial charge on any atom is -0.342 e. The van der Waals surface area contributed by atoms with E-state index in [-0.39, 0.29) is 31.6 Å². The summed E-state index contributed by atoms with van der Waals surface area (Å²) in [6.45, 7) is 0.230. The second-order valence-electron chi connectivity index (χ2n) is 8.01. The molecular weight excluding hydrogens is 497 g/mol. The third-order valence-corrected chi connectivity index (χ3v) is 7.59. The molecule has 2 aromatic rings. The summed E-state index contributed by atoms with van der Waals surface area (Å²) in [7, 11) is -2.95. The van der Waals surface area contributed by atoms with Crippen LogP contribution in [-0.2, 0) is 25.8 Å². The summed E-state index contributed by atoms with van der Waals surface area (Å²) in [6, 6.07) is 5.47. The fourth-order valence-electron chi connectivity index (χ4n) is 3.71. The number of hydrogen-bond acceptors (Lipinski definition) is 4. The Hall–Kier alpha value is -3.06. The highest BCUT2D eigenvalue weighted by Gasteiger charge is 2.35. The fraction of sp³-hybridized carbons (Fsp3) is 0.364. The van der Waals surface area contributed by atoms with E-state index in [1.54, 1.807) is 0 Å². The van der Waals surface area contributed by atoms with Crippen LogP contribution in [0.4, 0.5) is 27.6 Å². The van der Waals surface area contributed by atoms with E-state index in [1.807, 2.05) is 0 Å². The zero-order valence-electron chi connectivity index (χ0n) is 18.5. The van der Waals surface area contributed by atoms with Crippen LogP contribution in [0.5, 0.6) is 0 Å². The van der Waals surface area contributed by atoms with Gasteiger partial charge in [0.05, 0.1) is 16.1 Å². The van der Waals surface area contributed by atoms with Gasteiger partial charge in [0.15, 0.2) is 0 Å². The van der Waals surface area contributed by atoms with Crippen molar-refractivity contribution in [3.05, 3.63) is 59.7 Å². The van der Waals surface area contributed by atoms with E-state index in [1.165, 1.54) is 11.9 Å². The molecule has 1 fully saturated rings. The van der Waals surface area contributed by atoms with Gasteiger partial charge in [0.25, 0.3) is 0 Å². The molecule has 0 aromatic heterocycles. The van der Waals surface area contributed by atoms with Crippen LogP contribution in [-0.4, -0.2) is 55.6 Å². The highest BCUT2D eigenvalue weighted by molar-refractivity contribution is 7.89. The first-order valence-corrected chi connectivity index (χ1v) is 11.9. The molecule has 2 aromatic carbocycles. The van der Waals surface area contributed by atoms with Crippen molar-refractivity contribution >= 4 is 27.5 Å². The predicted molar refractivity (Wildman–Crippen MR) is 116 cm³/mol. The van der Waals surface area contributed by atoms with Crippen LogP contribution >= 0.6 is 0 Å². The number of sulfonamides is 1. The van der Waals surface area contributed by atoms with Crippen LogP contribution in [0.3, 0.4) is 0 Å². The average molecular weight is 519 g/mol. The maximum absolute atomic E-state index is 13.7. The van der Waals surface area contributed by atoms with Gasteiger partial charge < -0.3 is 10.2 Å². The summed E-state index contributed by atoms with van der Waals surface area (Å²) in [5, 5.41) is 2.19. The van der Waals surface area contributed by atoms with Gasteiger partial charge in [-0.05, 0) is 43.2 Å². The molecule has 0 aliphatic carbocycles. The number of amides is 2. The Morgan fingerprint density at radius 3 is 2.34 bits per heavy atom. The third kappa shape index (κ3) is 6.34. The molecule has 35 heavy (non-hydrogen) atoms. The molecule has 0 atom stereocenters. The van der Waals surface area contributed by atoms with Crippen molar-refractivity contribution in [3.8, 4) is 0 Å². The molecule has 1 aliphatic rings. The monoisotopic (exact) mass is 519 g/mol. The van der Waals surface area contributed by atoms with Gasteiger partial charge in [-0.2, -0.15) is 17.5 Å². The molecular formula is C22H22F5N3O4S. The lowest BCUT2D eigenvalue weighted by molar-refractivity contribution is -0.138. The Balaban J connectivity index is 1.57. The lowest BCUT2D eigenvalue weighted by Gasteiger charge is -2.36. The second kappa shape index (κ2) is 10.3. The van der Waals surface area contributed by atoms with Crippen molar-refractivity contribution in [2.45, 2.75) is 36.4 Å². The summed E-state index contributed by atoms with van der Waals surface area (Å²) in [6.07, 6.45) is -4.88. The zero-order valence-corrected chi connectivity index (χ0v) is 19.3. The number of halogens is 5. The highest BCUT2D eigenvalue weighted by atomic mass is 32.2. The molecule has 190 valence electrons. The first-order chi connectivity index (χ1) is 16.3. The normalized spacial score (nSPS) is 15.3. The summed E-state index contributed by atoms with van der Waals surface area (Å²) < 4.78 is 92.3. The summed E-state index contributed by atoms with van der Waals surface area (Å²) >= 11 is 0. The van der Waals surface area contributed by atoms with E-state index in [2.05, 4.69) is 5.32 Å². The second-order valence-corrected chi connectivity index (χ2v) is 10.0. The molecule has 1 aliphatic heterocycles. The van der Waals surface area contributed by atoms with Gasteiger partial charge in [-0.3, -0.25) is 9.59 Å². The number of benzene rings is 2. The lowest BCUT2D eigenvalue weighted by atomic mass is 10.0. The first kappa shape index (κ1) is 26.5. The average Bonchev–Trinajstić information content (AvgIpc) is 2.80. The standard InChI is InChI=1S/C22H22F5N3O4S/c1-29(35(33,34)17-4-2-3-14(11-17)22(25,26)27)16-7-9-30(10-8-16)21(32)13-20(31)28-19-6-5-15(23)12-18(19)24/h2-6,11-12,16H,7-10,13H2,1H3,(H,28,31). The van der Waals surface area contributed by atoms with Crippen molar-refractivity contribution in [1.29, 1.82) is 0 Å². The van der Waals surface area contributed by atoms with Crippen molar-refractivity contribution in [2.24, 2.45) is 0 Å². The van der Waals surface area contributed by atoms with E-state index < -0.39 is 62.6 Å². The molecule has 0 unspecified atom stereocenters. The van der Waals surface area contributed by atoms with E-state index in [4.69, 9.17) is 0 Å². The van der Waals surface area contributed by atoms with Gasteiger partial charge in [-0.25, -0.2) is 17.2 Å². The summed E-state index contributed by atoms with van der Waals surface area (Å²) in [4.78, 5) is 25.4. The molecule has 0 spiro atoms. The molecule has 1 heterocycles. The Bertz CT molecular complexity index is 1210.